The van der Waals surface area contributed by atoms with Crippen molar-refractivity contribution in [2.45, 2.75) is 65.5 Å². The van der Waals surface area contributed by atoms with Gasteiger partial charge in [-0.15, -0.1) is 0 Å². The van der Waals surface area contributed by atoms with Gasteiger partial charge in [0.25, 0.3) is 0 Å². The van der Waals surface area contributed by atoms with Crippen molar-refractivity contribution >= 4 is 47.9 Å². The first kappa shape index (κ1) is 32.5. The minimum Gasteiger partial charge on any atom is -0.469 e. The summed E-state index contributed by atoms with van der Waals surface area (Å²) >= 11 is 0. The van der Waals surface area contributed by atoms with E-state index >= 15 is 0 Å². The summed E-state index contributed by atoms with van der Waals surface area (Å²) in [7, 11) is 1.09. The Morgan fingerprint density at radius 3 is 1.76 bits per heavy atom. The molecule has 0 heterocycles. The first-order valence-corrected chi connectivity index (χ1v) is 12.2. The number of esters is 7. The van der Waals surface area contributed by atoms with Gasteiger partial charge >= 0.3 is 41.8 Å². The fourth-order valence-corrected chi connectivity index (χ4v) is 4.10. The van der Waals surface area contributed by atoms with Gasteiger partial charge in [-0.2, -0.15) is 0 Å². The first-order valence-electron chi connectivity index (χ1n) is 12.2. The van der Waals surface area contributed by atoms with E-state index in [2.05, 4.69) is 0 Å². The minimum absolute atomic E-state index is 0.0217. The fourth-order valence-electron chi connectivity index (χ4n) is 4.10. The molecule has 14 heteroatoms. The van der Waals surface area contributed by atoms with Gasteiger partial charge in [0.2, 0.25) is 0 Å². The van der Waals surface area contributed by atoms with Gasteiger partial charge in [-0.05, 0) is 23.8 Å². The van der Waals surface area contributed by atoms with E-state index in [9.17, 15) is 33.6 Å². The molecular formula is C27H30O14. The predicted octanol–water partition coefficient (Wildman–Crippen LogP) is 1.45. The summed E-state index contributed by atoms with van der Waals surface area (Å²) in [4.78, 5) is 83.8. The Kier molecular flexibility index (Phi) is 11.5. The highest BCUT2D eigenvalue weighted by atomic mass is 16.6. The van der Waals surface area contributed by atoms with Gasteiger partial charge in [0.15, 0.2) is 29.8 Å². The van der Waals surface area contributed by atoms with Crippen LogP contribution in [0.3, 0.4) is 0 Å². The number of hydrogen-bond acceptors (Lipinski definition) is 14. The molecule has 0 spiro atoms. The van der Waals surface area contributed by atoms with E-state index in [0.29, 0.717) is 5.56 Å². The van der Waals surface area contributed by atoms with Crippen LogP contribution in [0.15, 0.2) is 24.3 Å². The van der Waals surface area contributed by atoms with Crippen molar-refractivity contribution in [2.24, 2.45) is 5.92 Å². The summed E-state index contributed by atoms with van der Waals surface area (Å²) in [6.45, 7) is 5.51. The second-order valence-corrected chi connectivity index (χ2v) is 8.79. The Morgan fingerprint density at radius 2 is 1.22 bits per heavy atom. The highest BCUT2D eigenvalue weighted by Gasteiger charge is 2.54. The Labute approximate surface area is 234 Å². The molecule has 1 aliphatic carbocycles. The number of ether oxygens (including phenoxy) is 7. The van der Waals surface area contributed by atoms with Crippen LogP contribution in [0.5, 0.6) is 11.5 Å². The number of hydrogen-bond donors (Lipinski definition) is 0. The largest absolute Gasteiger partial charge is 0.469 e. The first-order chi connectivity index (χ1) is 19.2. The van der Waals surface area contributed by atoms with Crippen LogP contribution in [0.1, 0.15) is 46.6 Å². The molecule has 1 aromatic rings. The monoisotopic (exact) mass is 578 g/mol. The van der Waals surface area contributed by atoms with Crippen molar-refractivity contribution in [1.82, 2.24) is 0 Å². The molecule has 0 saturated heterocycles. The number of carbonyl (C=O) groups is 7. The van der Waals surface area contributed by atoms with Crippen LogP contribution in [0.4, 0.5) is 0 Å². The number of carbonyl (C=O) groups excluding carboxylic acids is 7. The van der Waals surface area contributed by atoms with Crippen LogP contribution < -0.4 is 9.47 Å². The summed E-state index contributed by atoms with van der Waals surface area (Å²) < 4.78 is 36.2. The van der Waals surface area contributed by atoms with Crippen molar-refractivity contribution in [1.29, 1.82) is 0 Å². The quantitative estimate of drug-likeness (QED) is 0.177. The van der Waals surface area contributed by atoms with Crippen molar-refractivity contribution in [3.8, 4) is 11.5 Å². The van der Waals surface area contributed by atoms with Crippen LogP contribution in [-0.4, -0.2) is 73.3 Å². The molecular weight excluding hydrogens is 548 g/mol. The van der Waals surface area contributed by atoms with Crippen LogP contribution in [0.2, 0.25) is 0 Å². The molecule has 1 aliphatic rings. The Morgan fingerprint density at radius 1 is 0.683 bits per heavy atom. The minimum atomic E-state index is -1.51. The molecule has 14 nitrogen and oxygen atoms in total. The molecule has 222 valence electrons. The number of rotatable bonds is 9. The normalized spacial score (nSPS) is 21.7. The van der Waals surface area contributed by atoms with Crippen molar-refractivity contribution < 1.29 is 66.7 Å². The maximum absolute atomic E-state index is 12.8. The average molecular weight is 579 g/mol. The lowest BCUT2D eigenvalue weighted by Crippen LogP contribution is -2.60. The fraction of sp³-hybridized carbons (Fsp3) is 0.444. The maximum atomic E-state index is 12.8. The van der Waals surface area contributed by atoms with E-state index in [4.69, 9.17) is 33.2 Å². The summed E-state index contributed by atoms with van der Waals surface area (Å²) in [5.41, 5.74) is 0.342. The third kappa shape index (κ3) is 9.74. The lowest BCUT2D eigenvalue weighted by molar-refractivity contribution is -0.220. The summed E-state index contributed by atoms with van der Waals surface area (Å²) in [5, 5.41) is 0. The predicted molar refractivity (Wildman–Crippen MR) is 135 cm³/mol. The molecule has 0 aromatic heterocycles. The molecule has 0 unspecified atom stereocenters. The van der Waals surface area contributed by atoms with E-state index in [0.717, 1.165) is 40.9 Å². The lowest BCUT2D eigenvalue weighted by atomic mass is 9.80. The van der Waals surface area contributed by atoms with Gasteiger partial charge in [-0.1, -0.05) is 6.07 Å². The lowest BCUT2D eigenvalue weighted by Gasteiger charge is -2.43. The summed E-state index contributed by atoms with van der Waals surface area (Å²) in [6.07, 6.45) is -3.73. The van der Waals surface area contributed by atoms with E-state index < -0.39 is 72.1 Å². The summed E-state index contributed by atoms with van der Waals surface area (Å²) in [5.74, 6) is -6.96. The second-order valence-electron chi connectivity index (χ2n) is 8.79. The standard InChI is InChI=1S/C27H30O14/c1-13(28)36-20-9-7-18(11-21(20)37-14(2)29)8-10-23(33)41-22-12-19(27(34)35-6)24(38-15(3)30)26(40-17(5)32)25(22)39-16(4)31/h7-11,19,22,24-26H,12H2,1-6H3/b10-8+/t19-,22+,24+,25-,26+/m0/s1. The highest BCUT2D eigenvalue weighted by molar-refractivity contribution is 5.87. The van der Waals surface area contributed by atoms with Gasteiger partial charge in [-0.25, -0.2) is 4.79 Å². The van der Waals surface area contributed by atoms with Crippen LogP contribution >= 0.6 is 0 Å². The molecule has 1 saturated carbocycles. The molecule has 41 heavy (non-hydrogen) atoms. The highest BCUT2D eigenvalue weighted by Crippen LogP contribution is 2.35. The Bertz CT molecular complexity index is 1230. The number of methoxy groups -OCH3 is 1. The smallest absolute Gasteiger partial charge is 0.331 e. The molecule has 5 atom stereocenters. The maximum Gasteiger partial charge on any atom is 0.331 e. The molecule has 0 radical (unpaired) electrons. The Hall–Kier alpha value is -4.75. The van der Waals surface area contributed by atoms with Gasteiger partial charge < -0.3 is 33.2 Å². The van der Waals surface area contributed by atoms with Gasteiger partial charge in [0.05, 0.1) is 7.11 Å². The zero-order valence-electron chi connectivity index (χ0n) is 23.2. The zero-order chi connectivity index (χ0) is 30.9. The van der Waals surface area contributed by atoms with E-state index in [1.807, 2.05) is 0 Å². The zero-order valence-corrected chi connectivity index (χ0v) is 23.2. The second kappa shape index (κ2) is 14.6. The molecule has 0 bridgehead atoms. The topological polar surface area (TPSA) is 184 Å². The van der Waals surface area contributed by atoms with Crippen LogP contribution in [0.25, 0.3) is 6.08 Å². The van der Waals surface area contributed by atoms with Gasteiger partial charge in [0.1, 0.15) is 12.0 Å². The molecule has 0 aliphatic heterocycles. The SMILES string of the molecule is COC(=O)[C@H]1C[C@@H](OC(=O)/C=C/c2ccc(OC(C)=O)c(OC(C)=O)c2)[C@H](OC(C)=O)[C@H](OC(C)=O)[C@@H]1OC(C)=O. The molecule has 2 rings (SSSR count). The average Bonchev–Trinajstić information content (AvgIpc) is 2.85. The Balaban J connectivity index is 2.39. The van der Waals surface area contributed by atoms with Gasteiger partial charge in [0, 0.05) is 47.1 Å². The van der Waals surface area contributed by atoms with Crippen molar-refractivity contribution in [3.05, 3.63) is 29.8 Å². The van der Waals surface area contributed by atoms with Crippen LogP contribution in [0, 0.1) is 5.92 Å². The molecule has 1 fully saturated rings. The van der Waals surface area contributed by atoms with Crippen molar-refractivity contribution in [2.75, 3.05) is 7.11 Å². The molecule has 0 amide bonds. The van der Waals surface area contributed by atoms with Crippen molar-refractivity contribution in [3.63, 3.8) is 0 Å². The third-order valence-electron chi connectivity index (χ3n) is 5.46. The molecule has 0 N–H and O–H groups in total. The number of benzene rings is 1. The summed E-state index contributed by atoms with van der Waals surface area (Å²) in [6, 6.07) is 4.15. The molecule has 1 aromatic carbocycles. The van der Waals surface area contributed by atoms with E-state index in [1.54, 1.807) is 0 Å². The van der Waals surface area contributed by atoms with E-state index in [-0.39, 0.29) is 17.9 Å². The van der Waals surface area contributed by atoms with Gasteiger partial charge in [-0.3, -0.25) is 28.8 Å². The van der Waals surface area contributed by atoms with E-state index in [1.165, 1.54) is 31.2 Å². The third-order valence-corrected chi connectivity index (χ3v) is 5.46. The van der Waals surface area contributed by atoms with Crippen LogP contribution in [-0.2, 0) is 57.2 Å².